The summed E-state index contributed by atoms with van der Waals surface area (Å²) in [6.07, 6.45) is 1.50. The fourth-order valence-corrected chi connectivity index (χ4v) is 2.84. The Kier molecular flexibility index (Phi) is 4.51. The molecule has 0 bridgehead atoms. The van der Waals surface area contributed by atoms with E-state index < -0.39 is 0 Å². The Morgan fingerprint density at radius 2 is 1.83 bits per heavy atom. The van der Waals surface area contributed by atoms with Crippen molar-refractivity contribution < 1.29 is 4.79 Å². The number of benzene rings is 2. The average molecular weight is 345 g/mol. The van der Waals surface area contributed by atoms with E-state index >= 15 is 0 Å². The molecule has 5 heteroatoms. The molecule has 3 rings (SSSR count). The Balaban J connectivity index is 1.88. The third-order valence-corrected chi connectivity index (χ3v) is 4.30. The summed E-state index contributed by atoms with van der Waals surface area (Å²) < 4.78 is 0. The number of aromatic nitrogens is 1. The number of nitrogens with one attached hydrogen (secondary N) is 1. The number of rotatable bonds is 3. The van der Waals surface area contributed by atoms with Crippen molar-refractivity contribution in [2.24, 2.45) is 0 Å². The monoisotopic (exact) mass is 344 g/mol. The number of hydrogen-bond acceptors (Lipinski definition) is 2. The van der Waals surface area contributed by atoms with Crippen LogP contribution in [0.5, 0.6) is 0 Å². The average Bonchev–Trinajstić information content (AvgIpc) is 2.58. The van der Waals surface area contributed by atoms with Gasteiger partial charge in [0.05, 0.1) is 11.1 Å². The maximum atomic E-state index is 12.5. The lowest BCUT2D eigenvalue weighted by Crippen LogP contribution is -2.26. The van der Waals surface area contributed by atoms with Crippen molar-refractivity contribution in [3.8, 4) is 0 Å². The first-order valence-electron chi connectivity index (χ1n) is 7.16. The molecule has 1 aromatic heterocycles. The molecule has 23 heavy (non-hydrogen) atoms. The highest BCUT2D eigenvalue weighted by Crippen LogP contribution is 2.28. The minimum absolute atomic E-state index is 0.0904. The van der Waals surface area contributed by atoms with Crippen LogP contribution >= 0.6 is 23.2 Å². The molecule has 0 aliphatic carbocycles. The van der Waals surface area contributed by atoms with E-state index in [1.54, 1.807) is 18.2 Å². The van der Waals surface area contributed by atoms with E-state index in [1.807, 2.05) is 37.3 Å². The van der Waals surface area contributed by atoms with Gasteiger partial charge in [-0.15, -0.1) is 0 Å². The number of carbonyl (C=O) groups is 1. The molecule has 0 aliphatic heterocycles. The van der Waals surface area contributed by atoms with Gasteiger partial charge in [-0.1, -0.05) is 59.6 Å². The van der Waals surface area contributed by atoms with Crippen LogP contribution < -0.4 is 5.32 Å². The Morgan fingerprint density at radius 1 is 1.09 bits per heavy atom. The molecule has 0 spiro atoms. The van der Waals surface area contributed by atoms with Crippen LogP contribution in [0.15, 0.2) is 54.7 Å². The summed E-state index contributed by atoms with van der Waals surface area (Å²) in [5.41, 5.74) is 1.57. The second-order valence-corrected chi connectivity index (χ2v) is 6.03. The van der Waals surface area contributed by atoms with Gasteiger partial charge >= 0.3 is 0 Å². The molecule has 0 fully saturated rings. The van der Waals surface area contributed by atoms with Crippen LogP contribution in [0.25, 0.3) is 10.8 Å². The van der Waals surface area contributed by atoms with Gasteiger partial charge in [0.15, 0.2) is 0 Å². The zero-order chi connectivity index (χ0) is 16.4. The number of carbonyl (C=O) groups excluding carboxylic acids is 1. The van der Waals surface area contributed by atoms with Crippen molar-refractivity contribution >= 4 is 39.9 Å². The molecule has 0 saturated carbocycles. The fourth-order valence-electron chi connectivity index (χ4n) is 2.42. The van der Waals surface area contributed by atoms with E-state index in [0.29, 0.717) is 21.1 Å². The quantitative estimate of drug-likeness (QED) is 0.676. The van der Waals surface area contributed by atoms with Gasteiger partial charge in [-0.25, -0.2) is 4.98 Å². The smallest absolute Gasteiger partial charge is 0.251 e. The highest BCUT2D eigenvalue weighted by Gasteiger charge is 2.13. The second kappa shape index (κ2) is 6.57. The largest absolute Gasteiger partial charge is 0.346 e. The minimum atomic E-state index is -0.167. The highest BCUT2D eigenvalue weighted by atomic mass is 35.5. The van der Waals surface area contributed by atoms with Crippen molar-refractivity contribution in [1.82, 2.24) is 10.3 Å². The van der Waals surface area contributed by atoms with E-state index in [4.69, 9.17) is 23.2 Å². The molecule has 1 atom stereocenters. The van der Waals surface area contributed by atoms with Crippen molar-refractivity contribution in [1.29, 1.82) is 0 Å². The molecule has 2 aromatic carbocycles. The molecule has 3 aromatic rings. The van der Waals surface area contributed by atoms with Crippen LogP contribution in [0.2, 0.25) is 10.2 Å². The molecule has 0 saturated heterocycles. The summed E-state index contributed by atoms with van der Waals surface area (Å²) >= 11 is 12.2. The third kappa shape index (κ3) is 3.31. The van der Waals surface area contributed by atoms with Gasteiger partial charge in [0, 0.05) is 22.5 Å². The molecule has 1 N–H and O–H groups in total. The summed E-state index contributed by atoms with van der Waals surface area (Å²) in [5.74, 6) is -0.167. The molecular weight excluding hydrogens is 331 g/mol. The first kappa shape index (κ1) is 15.8. The molecular formula is C18H14Cl2N2O. The summed E-state index contributed by atoms with van der Waals surface area (Å²) in [5, 5.41) is 5.26. The van der Waals surface area contributed by atoms with Crippen LogP contribution in [0.4, 0.5) is 0 Å². The second-order valence-electron chi connectivity index (χ2n) is 5.26. The van der Waals surface area contributed by atoms with Gasteiger partial charge in [0.1, 0.15) is 5.15 Å². The van der Waals surface area contributed by atoms with Crippen LogP contribution in [-0.2, 0) is 0 Å². The van der Waals surface area contributed by atoms with E-state index in [1.165, 1.54) is 6.20 Å². The fraction of sp³-hybridized carbons (Fsp3) is 0.111. The normalized spacial score (nSPS) is 12.1. The van der Waals surface area contributed by atoms with E-state index in [0.717, 1.165) is 10.9 Å². The zero-order valence-corrected chi connectivity index (χ0v) is 13.9. The molecule has 1 heterocycles. The van der Waals surface area contributed by atoms with Gasteiger partial charge in [-0.3, -0.25) is 4.79 Å². The van der Waals surface area contributed by atoms with Crippen LogP contribution in [-0.4, -0.2) is 10.9 Å². The molecule has 1 amide bonds. The van der Waals surface area contributed by atoms with E-state index in [9.17, 15) is 4.79 Å². The lowest BCUT2D eigenvalue weighted by atomic mass is 10.1. The van der Waals surface area contributed by atoms with Crippen LogP contribution in [0, 0.1) is 0 Å². The molecule has 0 radical (unpaired) electrons. The number of halogens is 2. The van der Waals surface area contributed by atoms with Crippen molar-refractivity contribution in [3.63, 3.8) is 0 Å². The number of nitrogens with zero attached hydrogens (tertiary/aromatic N) is 1. The Morgan fingerprint density at radius 3 is 2.57 bits per heavy atom. The van der Waals surface area contributed by atoms with E-state index in [-0.39, 0.29) is 11.9 Å². The SMILES string of the molecule is C[C@@H](NC(=O)c1ccc2c(Cl)cnc(Cl)c2c1)c1ccccc1. The summed E-state index contributed by atoms with van der Waals surface area (Å²) in [7, 11) is 0. The third-order valence-electron chi connectivity index (χ3n) is 3.70. The van der Waals surface area contributed by atoms with Crippen LogP contribution in [0.1, 0.15) is 28.9 Å². The Bertz CT molecular complexity index is 866. The molecule has 116 valence electrons. The standard InChI is InChI=1S/C18H14Cl2N2O/c1-11(12-5-3-2-4-6-12)22-18(23)13-7-8-14-15(9-13)17(20)21-10-16(14)19/h2-11H,1H3,(H,22,23)/t11-/m1/s1. The number of amides is 1. The van der Waals surface area contributed by atoms with Crippen molar-refractivity contribution in [3.05, 3.63) is 76.0 Å². The summed E-state index contributed by atoms with van der Waals surface area (Å²) in [6.45, 7) is 1.94. The maximum Gasteiger partial charge on any atom is 0.251 e. The summed E-state index contributed by atoms with van der Waals surface area (Å²) in [6, 6.07) is 14.9. The van der Waals surface area contributed by atoms with Gasteiger partial charge < -0.3 is 5.32 Å². The lowest BCUT2D eigenvalue weighted by Gasteiger charge is -2.14. The van der Waals surface area contributed by atoms with Crippen molar-refractivity contribution in [2.45, 2.75) is 13.0 Å². The van der Waals surface area contributed by atoms with Gasteiger partial charge in [0.25, 0.3) is 5.91 Å². The van der Waals surface area contributed by atoms with Crippen LogP contribution in [0.3, 0.4) is 0 Å². The van der Waals surface area contributed by atoms with E-state index in [2.05, 4.69) is 10.3 Å². The van der Waals surface area contributed by atoms with Gasteiger partial charge in [-0.05, 0) is 24.6 Å². The van der Waals surface area contributed by atoms with Crippen molar-refractivity contribution in [2.75, 3.05) is 0 Å². The molecule has 0 unspecified atom stereocenters. The van der Waals surface area contributed by atoms with Gasteiger partial charge in [-0.2, -0.15) is 0 Å². The van der Waals surface area contributed by atoms with Gasteiger partial charge in [0.2, 0.25) is 0 Å². The Hall–Kier alpha value is -2.10. The first-order chi connectivity index (χ1) is 11.1. The summed E-state index contributed by atoms with van der Waals surface area (Å²) in [4.78, 5) is 16.5. The number of pyridine rings is 1. The predicted molar refractivity (Wildman–Crippen MR) is 94.1 cm³/mol. The predicted octanol–water partition coefficient (Wildman–Crippen LogP) is 5.03. The Labute approximate surface area is 144 Å². The molecule has 0 aliphatic rings. The number of fused-ring (bicyclic) bond motifs is 1. The highest BCUT2D eigenvalue weighted by molar-refractivity contribution is 6.39. The minimum Gasteiger partial charge on any atom is -0.346 e. The molecule has 3 nitrogen and oxygen atoms in total. The first-order valence-corrected chi connectivity index (χ1v) is 7.91. The maximum absolute atomic E-state index is 12.5. The zero-order valence-electron chi connectivity index (χ0n) is 12.4. The number of hydrogen-bond donors (Lipinski definition) is 1. The lowest BCUT2D eigenvalue weighted by molar-refractivity contribution is 0.0940. The topological polar surface area (TPSA) is 42.0 Å².